The van der Waals surface area contributed by atoms with Gasteiger partial charge in [0.1, 0.15) is 23.1 Å². The average Bonchev–Trinajstić information content (AvgIpc) is 2.29. The van der Waals surface area contributed by atoms with Crippen LogP contribution in [0.4, 0.5) is 8.78 Å². The number of aldehydes is 1. The molecule has 0 bridgehead atoms. The summed E-state index contributed by atoms with van der Waals surface area (Å²) >= 11 is 5.66. The van der Waals surface area contributed by atoms with Gasteiger partial charge in [0.05, 0.1) is 16.8 Å². The van der Waals surface area contributed by atoms with Crippen LogP contribution in [0.1, 0.15) is 10.4 Å². The zero-order valence-corrected chi connectivity index (χ0v) is 9.08. The first-order chi connectivity index (χ1) is 8.15. The molecule has 2 aromatic rings. The molecule has 3 nitrogen and oxygen atoms in total. The van der Waals surface area contributed by atoms with E-state index >= 15 is 0 Å². The molecule has 6 heteroatoms. The quantitative estimate of drug-likeness (QED) is 0.611. The number of hydrogen-bond acceptors (Lipinski definition) is 3. The van der Waals surface area contributed by atoms with Crippen molar-refractivity contribution in [2.45, 2.75) is 0 Å². The number of rotatable bonds is 2. The largest absolute Gasteiger partial charge is 0.298 e. The van der Waals surface area contributed by atoms with Gasteiger partial charge in [-0.15, -0.1) is 0 Å². The molecule has 1 heterocycles. The number of carbonyl (C=O) groups excluding carboxylic acids is 1. The molecule has 0 saturated carbocycles. The number of hydrogen-bond donors (Lipinski definition) is 0. The van der Waals surface area contributed by atoms with E-state index < -0.39 is 11.6 Å². The Kier molecular flexibility index (Phi) is 3.10. The van der Waals surface area contributed by atoms with Crippen LogP contribution in [-0.2, 0) is 0 Å². The first-order valence-corrected chi connectivity index (χ1v) is 4.93. The molecule has 0 radical (unpaired) electrons. The SMILES string of the molecule is O=Cc1c(Cl)ncnc1-c1c(F)cccc1F. The van der Waals surface area contributed by atoms with Crippen LogP contribution in [0, 0.1) is 11.6 Å². The second-order valence-electron chi connectivity index (χ2n) is 3.14. The van der Waals surface area contributed by atoms with Crippen LogP contribution in [0.15, 0.2) is 24.5 Å². The van der Waals surface area contributed by atoms with Gasteiger partial charge in [0, 0.05) is 0 Å². The van der Waals surface area contributed by atoms with Crippen molar-refractivity contribution < 1.29 is 13.6 Å². The molecule has 1 aromatic carbocycles. The van der Waals surface area contributed by atoms with E-state index in [0.29, 0.717) is 6.29 Å². The molecule has 17 heavy (non-hydrogen) atoms. The lowest BCUT2D eigenvalue weighted by Gasteiger charge is -2.06. The molecular weight excluding hydrogens is 250 g/mol. The Labute approximate surface area is 100 Å². The number of nitrogens with zero attached hydrogens (tertiary/aromatic N) is 2. The van der Waals surface area contributed by atoms with E-state index in [9.17, 15) is 13.6 Å². The van der Waals surface area contributed by atoms with E-state index in [0.717, 1.165) is 18.5 Å². The molecule has 0 unspecified atom stereocenters. The topological polar surface area (TPSA) is 42.9 Å². The molecule has 0 saturated heterocycles. The van der Waals surface area contributed by atoms with Gasteiger partial charge in [0.15, 0.2) is 6.29 Å². The molecule has 0 N–H and O–H groups in total. The highest BCUT2D eigenvalue weighted by Gasteiger charge is 2.18. The molecule has 0 atom stereocenters. The first-order valence-electron chi connectivity index (χ1n) is 4.55. The van der Waals surface area contributed by atoms with Gasteiger partial charge >= 0.3 is 0 Å². The molecule has 86 valence electrons. The minimum atomic E-state index is -0.817. The van der Waals surface area contributed by atoms with Gasteiger partial charge < -0.3 is 0 Å². The van der Waals surface area contributed by atoms with E-state index in [2.05, 4.69) is 9.97 Å². The first kappa shape index (κ1) is 11.6. The van der Waals surface area contributed by atoms with Crippen LogP contribution in [0.3, 0.4) is 0 Å². The fourth-order valence-electron chi connectivity index (χ4n) is 1.40. The van der Waals surface area contributed by atoms with Crippen molar-refractivity contribution >= 4 is 17.9 Å². The van der Waals surface area contributed by atoms with E-state index in [4.69, 9.17) is 11.6 Å². The summed E-state index contributed by atoms with van der Waals surface area (Å²) in [5, 5.41) is -0.146. The van der Waals surface area contributed by atoms with Gasteiger partial charge in [-0.2, -0.15) is 0 Å². The molecule has 2 rings (SSSR count). The molecule has 1 aromatic heterocycles. The normalized spacial score (nSPS) is 10.3. The highest BCUT2D eigenvalue weighted by molar-refractivity contribution is 6.32. The lowest BCUT2D eigenvalue weighted by molar-refractivity contribution is 0.112. The van der Waals surface area contributed by atoms with Gasteiger partial charge in [0.2, 0.25) is 0 Å². The van der Waals surface area contributed by atoms with Crippen LogP contribution in [-0.4, -0.2) is 16.3 Å². The highest BCUT2D eigenvalue weighted by Crippen LogP contribution is 2.28. The van der Waals surface area contributed by atoms with Crippen molar-refractivity contribution in [2.24, 2.45) is 0 Å². The third-order valence-corrected chi connectivity index (χ3v) is 2.45. The molecular formula is C11H5ClF2N2O. The number of carbonyl (C=O) groups is 1. The van der Waals surface area contributed by atoms with Gasteiger partial charge in [-0.05, 0) is 12.1 Å². The standard InChI is InChI=1S/C11H5ClF2N2O/c12-11-6(4-17)10(15-5-16-11)9-7(13)2-1-3-8(9)14/h1-5H. The van der Waals surface area contributed by atoms with Crippen LogP contribution in [0.2, 0.25) is 5.15 Å². The third-order valence-electron chi connectivity index (χ3n) is 2.15. The van der Waals surface area contributed by atoms with E-state index in [1.807, 2.05) is 0 Å². The van der Waals surface area contributed by atoms with Gasteiger partial charge in [0.25, 0.3) is 0 Å². The molecule has 0 aliphatic carbocycles. The van der Waals surface area contributed by atoms with Gasteiger partial charge in [-0.3, -0.25) is 4.79 Å². The Balaban J connectivity index is 2.77. The maximum atomic E-state index is 13.5. The summed E-state index contributed by atoms with van der Waals surface area (Å²) in [6, 6.07) is 3.36. The Morgan fingerprint density at radius 3 is 2.41 bits per heavy atom. The Morgan fingerprint density at radius 2 is 1.82 bits per heavy atom. The lowest BCUT2D eigenvalue weighted by atomic mass is 10.1. The van der Waals surface area contributed by atoms with Crippen molar-refractivity contribution in [3.8, 4) is 11.3 Å². The van der Waals surface area contributed by atoms with Crippen LogP contribution in [0.25, 0.3) is 11.3 Å². The lowest BCUT2D eigenvalue weighted by Crippen LogP contribution is -1.99. The third kappa shape index (κ3) is 2.01. The summed E-state index contributed by atoms with van der Waals surface area (Å²) in [7, 11) is 0. The van der Waals surface area contributed by atoms with Crippen molar-refractivity contribution in [3.63, 3.8) is 0 Å². The van der Waals surface area contributed by atoms with Crippen LogP contribution < -0.4 is 0 Å². The van der Waals surface area contributed by atoms with Crippen molar-refractivity contribution in [2.75, 3.05) is 0 Å². The molecule has 0 fully saturated rings. The molecule has 0 aliphatic rings. The average molecular weight is 255 g/mol. The minimum Gasteiger partial charge on any atom is -0.298 e. The molecule has 0 amide bonds. The fourth-order valence-corrected chi connectivity index (χ4v) is 1.58. The summed E-state index contributed by atoms with van der Waals surface area (Å²) in [6.07, 6.45) is 1.40. The number of benzene rings is 1. The van der Waals surface area contributed by atoms with Crippen molar-refractivity contribution in [3.05, 3.63) is 46.9 Å². The second-order valence-corrected chi connectivity index (χ2v) is 3.50. The zero-order valence-electron chi connectivity index (χ0n) is 8.32. The second kappa shape index (κ2) is 4.55. The predicted molar refractivity (Wildman–Crippen MR) is 57.8 cm³/mol. The van der Waals surface area contributed by atoms with E-state index in [1.54, 1.807) is 0 Å². The number of aromatic nitrogens is 2. The summed E-state index contributed by atoms with van der Waals surface area (Å²) in [4.78, 5) is 18.1. The minimum absolute atomic E-state index is 0.141. The van der Waals surface area contributed by atoms with E-state index in [1.165, 1.54) is 6.07 Å². The maximum Gasteiger partial charge on any atom is 0.155 e. The van der Waals surface area contributed by atoms with Gasteiger partial charge in [-0.25, -0.2) is 18.7 Å². The number of halogens is 3. The summed E-state index contributed by atoms with van der Waals surface area (Å²) in [5.74, 6) is -1.63. The summed E-state index contributed by atoms with van der Waals surface area (Å²) in [5.41, 5.74) is -0.687. The summed E-state index contributed by atoms with van der Waals surface area (Å²) < 4.78 is 27.0. The zero-order chi connectivity index (χ0) is 12.4. The van der Waals surface area contributed by atoms with Crippen molar-refractivity contribution in [1.29, 1.82) is 0 Å². The van der Waals surface area contributed by atoms with Gasteiger partial charge in [-0.1, -0.05) is 17.7 Å². The smallest absolute Gasteiger partial charge is 0.155 e. The highest BCUT2D eigenvalue weighted by atomic mass is 35.5. The monoisotopic (exact) mass is 254 g/mol. The molecule has 0 spiro atoms. The Hall–Kier alpha value is -1.88. The van der Waals surface area contributed by atoms with Crippen LogP contribution >= 0.6 is 11.6 Å². The summed E-state index contributed by atoms with van der Waals surface area (Å²) in [6.45, 7) is 0. The van der Waals surface area contributed by atoms with Crippen molar-refractivity contribution in [1.82, 2.24) is 9.97 Å². The van der Waals surface area contributed by atoms with Crippen LogP contribution in [0.5, 0.6) is 0 Å². The Bertz CT molecular complexity index is 569. The predicted octanol–water partition coefficient (Wildman–Crippen LogP) is 2.89. The maximum absolute atomic E-state index is 13.5. The Morgan fingerprint density at radius 1 is 1.18 bits per heavy atom. The fraction of sp³-hybridized carbons (Fsp3) is 0. The molecule has 0 aliphatic heterocycles. The van der Waals surface area contributed by atoms with E-state index in [-0.39, 0.29) is 22.0 Å².